The van der Waals surface area contributed by atoms with Crippen LogP contribution < -0.4 is 10.6 Å². The fourth-order valence-corrected chi connectivity index (χ4v) is 1.75. The number of aliphatic hydroxyl groups is 1. The fraction of sp³-hybridized carbons (Fsp3) is 0.214. The normalized spacial score (nSPS) is 11.9. The Hall–Kier alpha value is -2.07. The Morgan fingerprint density at radius 1 is 1.06 bits per heavy atom. The van der Waals surface area contributed by atoms with Gasteiger partial charge in [0.15, 0.2) is 0 Å². The van der Waals surface area contributed by atoms with Crippen molar-refractivity contribution in [2.75, 3.05) is 24.3 Å². The van der Waals surface area contributed by atoms with Crippen molar-refractivity contribution in [2.45, 2.75) is 6.04 Å². The summed E-state index contributed by atoms with van der Waals surface area (Å²) in [5.74, 6) is 1.54. The van der Waals surface area contributed by atoms with Gasteiger partial charge < -0.3 is 15.7 Å². The lowest BCUT2D eigenvalue weighted by atomic mass is 10.1. The fourth-order valence-electron chi connectivity index (χ4n) is 1.75. The van der Waals surface area contributed by atoms with Crippen molar-refractivity contribution in [2.24, 2.45) is 0 Å². The van der Waals surface area contributed by atoms with Crippen LogP contribution in [0.5, 0.6) is 0 Å². The van der Waals surface area contributed by atoms with Crippen LogP contribution in [-0.4, -0.2) is 23.7 Å². The summed E-state index contributed by atoms with van der Waals surface area (Å²) in [4.78, 5) is 4.37. The molecule has 0 radical (unpaired) electrons. The van der Waals surface area contributed by atoms with Crippen LogP contribution in [0.4, 0.5) is 11.6 Å². The Morgan fingerprint density at radius 3 is 2.44 bits per heavy atom. The third-order valence-corrected chi connectivity index (χ3v) is 2.71. The summed E-state index contributed by atoms with van der Waals surface area (Å²) < 4.78 is 0. The molecule has 0 fully saturated rings. The van der Waals surface area contributed by atoms with E-state index in [0.717, 1.165) is 17.2 Å². The smallest absolute Gasteiger partial charge is 0.128 e. The summed E-state index contributed by atoms with van der Waals surface area (Å²) in [7, 11) is 1.83. The maximum atomic E-state index is 9.46. The number of hydrogen-bond acceptors (Lipinski definition) is 4. The first-order chi connectivity index (χ1) is 8.83. The predicted octanol–water partition coefficient (Wildman–Crippen LogP) is 2.27. The third kappa shape index (κ3) is 2.99. The zero-order valence-electron chi connectivity index (χ0n) is 10.3. The molecule has 0 aliphatic rings. The van der Waals surface area contributed by atoms with Crippen LogP contribution in [0.2, 0.25) is 0 Å². The van der Waals surface area contributed by atoms with E-state index in [1.54, 1.807) is 0 Å². The molecule has 2 aromatic rings. The molecule has 94 valence electrons. The maximum Gasteiger partial charge on any atom is 0.128 e. The molecule has 1 heterocycles. The number of nitrogens with one attached hydrogen (secondary N) is 2. The van der Waals surface area contributed by atoms with Crippen molar-refractivity contribution in [3.63, 3.8) is 0 Å². The number of anilines is 2. The summed E-state index contributed by atoms with van der Waals surface area (Å²) in [6.45, 7) is 0.0233. The van der Waals surface area contributed by atoms with Gasteiger partial charge in [0.25, 0.3) is 0 Å². The van der Waals surface area contributed by atoms with E-state index in [0.29, 0.717) is 0 Å². The second-order valence-electron chi connectivity index (χ2n) is 3.95. The van der Waals surface area contributed by atoms with Crippen LogP contribution >= 0.6 is 0 Å². The van der Waals surface area contributed by atoms with Gasteiger partial charge in [-0.1, -0.05) is 36.4 Å². The van der Waals surface area contributed by atoms with Gasteiger partial charge in [-0.3, -0.25) is 0 Å². The molecule has 4 nitrogen and oxygen atoms in total. The number of nitrogens with zero attached hydrogens (tertiary/aromatic N) is 1. The molecule has 2 rings (SSSR count). The van der Waals surface area contributed by atoms with E-state index < -0.39 is 0 Å². The zero-order valence-corrected chi connectivity index (χ0v) is 10.3. The van der Waals surface area contributed by atoms with Crippen molar-refractivity contribution >= 4 is 11.6 Å². The number of benzene rings is 1. The first-order valence-corrected chi connectivity index (χ1v) is 5.90. The molecular weight excluding hydrogens is 226 g/mol. The molecular formula is C14H17N3O. The van der Waals surface area contributed by atoms with Crippen LogP contribution in [0.25, 0.3) is 0 Å². The molecule has 3 N–H and O–H groups in total. The molecule has 1 unspecified atom stereocenters. The summed E-state index contributed by atoms with van der Waals surface area (Å²) in [5.41, 5.74) is 1.04. The molecule has 1 aromatic carbocycles. The molecule has 0 bridgehead atoms. The average Bonchev–Trinajstić information content (AvgIpc) is 2.46. The van der Waals surface area contributed by atoms with Crippen molar-refractivity contribution in [3.05, 3.63) is 54.1 Å². The van der Waals surface area contributed by atoms with Gasteiger partial charge in [0.05, 0.1) is 12.6 Å². The van der Waals surface area contributed by atoms with Crippen LogP contribution in [0.1, 0.15) is 11.6 Å². The summed E-state index contributed by atoms with van der Waals surface area (Å²) in [5, 5.41) is 15.7. The first-order valence-electron chi connectivity index (χ1n) is 5.90. The number of hydrogen-bond donors (Lipinski definition) is 3. The Bertz CT molecular complexity index is 487. The van der Waals surface area contributed by atoms with E-state index >= 15 is 0 Å². The van der Waals surface area contributed by atoms with Gasteiger partial charge in [0.1, 0.15) is 11.6 Å². The van der Waals surface area contributed by atoms with Crippen molar-refractivity contribution in [1.29, 1.82) is 0 Å². The second kappa shape index (κ2) is 6.02. The van der Waals surface area contributed by atoms with Gasteiger partial charge in [-0.2, -0.15) is 0 Å². The monoisotopic (exact) mass is 243 g/mol. The molecule has 0 spiro atoms. The standard InChI is InChI=1S/C14H17N3O/c1-15-13-8-5-9-14(17-13)16-12(10-18)11-6-3-2-4-7-11/h2-9,12,18H,10H2,1H3,(H2,15,16,17). The van der Waals surface area contributed by atoms with Crippen LogP contribution in [0, 0.1) is 0 Å². The quantitative estimate of drug-likeness (QED) is 0.754. The highest BCUT2D eigenvalue weighted by Crippen LogP contribution is 2.18. The second-order valence-corrected chi connectivity index (χ2v) is 3.95. The minimum atomic E-state index is -0.147. The lowest BCUT2D eigenvalue weighted by molar-refractivity contribution is 0.276. The van der Waals surface area contributed by atoms with E-state index in [9.17, 15) is 5.11 Å². The van der Waals surface area contributed by atoms with Gasteiger partial charge in [0.2, 0.25) is 0 Å². The van der Waals surface area contributed by atoms with Gasteiger partial charge in [-0.05, 0) is 17.7 Å². The van der Waals surface area contributed by atoms with Crippen molar-refractivity contribution < 1.29 is 5.11 Å². The Kier molecular flexibility index (Phi) is 4.15. The lowest BCUT2D eigenvalue weighted by Gasteiger charge is -2.17. The Morgan fingerprint density at radius 2 is 1.78 bits per heavy atom. The molecule has 1 aromatic heterocycles. The molecule has 0 saturated carbocycles. The molecule has 0 amide bonds. The van der Waals surface area contributed by atoms with Gasteiger partial charge in [0, 0.05) is 7.05 Å². The Labute approximate surface area is 107 Å². The average molecular weight is 243 g/mol. The van der Waals surface area contributed by atoms with E-state index in [4.69, 9.17) is 0 Å². The predicted molar refractivity (Wildman–Crippen MR) is 73.7 cm³/mol. The van der Waals surface area contributed by atoms with Crippen molar-refractivity contribution in [1.82, 2.24) is 4.98 Å². The van der Waals surface area contributed by atoms with Crippen LogP contribution in [0.15, 0.2) is 48.5 Å². The van der Waals surface area contributed by atoms with E-state index in [-0.39, 0.29) is 12.6 Å². The van der Waals surface area contributed by atoms with Gasteiger partial charge in [-0.25, -0.2) is 4.98 Å². The summed E-state index contributed by atoms with van der Waals surface area (Å²) >= 11 is 0. The van der Waals surface area contributed by atoms with Gasteiger partial charge in [-0.15, -0.1) is 0 Å². The minimum Gasteiger partial charge on any atom is -0.394 e. The largest absolute Gasteiger partial charge is 0.394 e. The topological polar surface area (TPSA) is 57.2 Å². The highest BCUT2D eigenvalue weighted by Gasteiger charge is 2.10. The summed E-state index contributed by atoms with van der Waals surface area (Å²) in [6.07, 6.45) is 0. The summed E-state index contributed by atoms with van der Waals surface area (Å²) in [6, 6.07) is 15.4. The number of pyridine rings is 1. The molecule has 18 heavy (non-hydrogen) atoms. The maximum absolute atomic E-state index is 9.46. The van der Waals surface area contributed by atoms with E-state index in [1.165, 1.54) is 0 Å². The van der Waals surface area contributed by atoms with Crippen molar-refractivity contribution in [3.8, 4) is 0 Å². The molecule has 1 atom stereocenters. The third-order valence-electron chi connectivity index (χ3n) is 2.71. The van der Waals surface area contributed by atoms with Crippen LogP contribution in [-0.2, 0) is 0 Å². The lowest BCUT2D eigenvalue weighted by Crippen LogP contribution is -2.15. The SMILES string of the molecule is CNc1cccc(NC(CO)c2ccccc2)n1. The highest BCUT2D eigenvalue weighted by atomic mass is 16.3. The van der Waals surface area contributed by atoms with Crippen LogP contribution in [0.3, 0.4) is 0 Å². The van der Waals surface area contributed by atoms with E-state index in [1.807, 2.05) is 55.6 Å². The minimum absolute atomic E-state index is 0.0233. The molecule has 0 saturated heterocycles. The molecule has 4 heteroatoms. The number of aromatic nitrogens is 1. The number of aliphatic hydroxyl groups excluding tert-OH is 1. The van der Waals surface area contributed by atoms with Gasteiger partial charge >= 0.3 is 0 Å². The van der Waals surface area contributed by atoms with E-state index in [2.05, 4.69) is 15.6 Å². The highest BCUT2D eigenvalue weighted by molar-refractivity contribution is 5.46. The Balaban J connectivity index is 2.15. The molecule has 0 aliphatic heterocycles. The number of rotatable bonds is 5. The first kappa shape index (κ1) is 12.4. The zero-order chi connectivity index (χ0) is 12.8. The molecule has 0 aliphatic carbocycles.